The Morgan fingerprint density at radius 1 is 1.40 bits per heavy atom. The summed E-state index contributed by atoms with van der Waals surface area (Å²) in [6, 6.07) is 1.98. The normalized spacial score (nSPS) is 35.0. The van der Waals surface area contributed by atoms with E-state index in [1.807, 2.05) is 19.9 Å². The topological polar surface area (TPSA) is 76.5 Å². The second-order valence-corrected chi connectivity index (χ2v) is 6.83. The number of ether oxygens (including phenoxy) is 2. The highest BCUT2D eigenvalue weighted by molar-refractivity contribution is 14.1. The van der Waals surface area contributed by atoms with Crippen molar-refractivity contribution in [2.24, 2.45) is 5.92 Å². The number of fused-ring (bicyclic) bond motifs is 1. The molecule has 2 aliphatic rings. The van der Waals surface area contributed by atoms with Crippen LogP contribution in [0.5, 0.6) is 0 Å². The third-order valence-electron chi connectivity index (χ3n) is 3.78. The van der Waals surface area contributed by atoms with E-state index in [0.717, 1.165) is 15.9 Å². The molecule has 1 aliphatic carbocycles. The molecule has 2 N–H and O–H groups in total. The van der Waals surface area contributed by atoms with Gasteiger partial charge in [0.25, 0.3) is 0 Å². The molecular formula is C13H18IN3O3. The summed E-state index contributed by atoms with van der Waals surface area (Å²) >= 11 is 2.15. The molecule has 1 aromatic rings. The van der Waals surface area contributed by atoms with Crippen LogP contribution in [0.15, 0.2) is 12.4 Å². The van der Waals surface area contributed by atoms with Gasteiger partial charge in [0.2, 0.25) is 0 Å². The van der Waals surface area contributed by atoms with Crippen molar-refractivity contribution in [1.82, 2.24) is 9.97 Å². The van der Waals surface area contributed by atoms with Crippen molar-refractivity contribution in [2.75, 3.05) is 11.9 Å². The van der Waals surface area contributed by atoms with Crippen LogP contribution in [0.1, 0.15) is 20.3 Å². The average molecular weight is 391 g/mol. The fourth-order valence-electron chi connectivity index (χ4n) is 3.01. The Morgan fingerprint density at radius 3 is 2.85 bits per heavy atom. The Labute approximate surface area is 131 Å². The molecule has 2 fully saturated rings. The highest BCUT2D eigenvalue weighted by Gasteiger charge is 2.53. The van der Waals surface area contributed by atoms with Gasteiger partial charge in [0.05, 0.1) is 12.1 Å². The van der Waals surface area contributed by atoms with Gasteiger partial charge in [-0.3, -0.25) is 0 Å². The Kier molecular flexibility index (Phi) is 3.87. The smallest absolute Gasteiger partial charge is 0.163 e. The van der Waals surface area contributed by atoms with Crippen LogP contribution in [0.25, 0.3) is 0 Å². The maximum atomic E-state index is 9.52. The molecule has 110 valence electrons. The second kappa shape index (κ2) is 5.36. The summed E-state index contributed by atoms with van der Waals surface area (Å²) in [5.74, 6) is 0.281. The lowest BCUT2D eigenvalue weighted by atomic mass is 10.1. The van der Waals surface area contributed by atoms with E-state index in [1.165, 1.54) is 6.33 Å². The standard InChI is InChI=1S/C13H18IN3O3/c1-13(2)19-11-7(5-18)3-8(12(11)20-13)17-10-4-9(14)15-6-16-10/h4,6-8,11-12,18H,3,5H2,1-2H3,(H,15,16,17)/t7-,8-,11-,12+/m1/s1. The number of hydrogen-bond acceptors (Lipinski definition) is 6. The molecule has 6 nitrogen and oxygen atoms in total. The zero-order valence-electron chi connectivity index (χ0n) is 11.4. The summed E-state index contributed by atoms with van der Waals surface area (Å²) in [6.07, 6.45) is 2.22. The molecule has 2 heterocycles. The zero-order chi connectivity index (χ0) is 14.3. The predicted molar refractivity (Wildman–Crippen MR) is 81.2 cm³/mol. The van der Waals surface area contributed by atoms with E-state index < -0.39 is 5.79 Å². The minimum atomic E-state index is -0.594. The van der Waals surface area contributed by atoms with Crippen LogP contribution >= 0.6 is 22.6 Å². The number of halogens is 1. The van der Waals surface area contributed by atoms with Gasteiger partial charge in [0.1, 0.15) is 21.9 Å². The molecule has 1 saturated heterocycles. The Balaban J connectivity index is 1.77. The Bertz CT molecular complexity index is 500. The number of rotatable bonds is 3. The molecule has 3 rings (SSSR count). The molecule has 0 aromatic carbocycles. The first-order valence-electron chi connectivity index (χ1n) is 6.69. The van der Waals surface area contributed by atoms with Crippen molar-refractivity contribution in [1.29, 1.82) is 0 Å². The van der Waals surface area contributed by atoms with Crippen LogP contribution in [0, 0.1) is 9.62 Å². The number of nitrogens with zero attached hydrogens (tertiary/aromatic N) is 2. The zero-order valence-corrected chi connectivity index (χ0v) is 13.6. The number of aliphatic hydroxyl groups is 1. The lowest BCUT2D eigenvalue weighted by molar-refractivity contribution is -0.158. The largest absolute Gasteiger partial charge is 0.396 e. The highest BCUT2D eigenvalue weighted by Crippen LogP contribution is 2.42. The molecule has 0 radical (unpaired) electrons. The summed E-state index contributed by atoms with van der Waals surface area (Å²) in [5, 5.41) is 12.9. The number of hydrogen-bond donors (Lipinski definition) is 2. The molecule has 0 bridgehead atoms. The lowest BCUT2D eigenvalue weighted by Gasteiger charge is -2.23. The molecule has 20 heavy (non-hydrogen) atoms. The molecule has 4 atom stereocenters. The van der Waals surface area contributed by atoms with Crippen molar-refractivity contribution in [2.45, 2.75) is 44.3 Å². The minimum absolute atomic E-state index is 0.0604. The fraction of sp³-hybridized carbons (Fsp3) is 0.692. The van der Waals surface area contributed by atoms with E-state index in [2.05, 4.69) is 37.9 Å². The van der Waals surface area contributed by atoms with E-state index in [9.17, 15) is 5.11 Å². The van der Waals surface area contributed by atoms with Gasteiger partial charge in [-0.15, -0.1) is 0 Å². The first-order valence-corrected chi connectivity index (χ1v) is 7.77. The fourth-order valence-corrected chi connectivity index (χ4v) is 3.43. The van der Waals surface area contributed by atoms with Gasteiger partial charge in [0, 0.05) is 18.6 Å². The van der Waals surface area contributed by atoms with Gasteiger partial charge in [0.15, 0.2) is 5.79 Å². The van der Waals surface area contributed by atoms with Crippen LogP contribution in [0.2, 0.25) is 0 Å². The van der Waals surface area contributed by atoms with E-state index >= 15 is 0 Å². The number of nitrogens with one attached hydrogen (secondary N) is 1. The lowest BCUT2D eigenvalue weighted by Crippen LogP contribution is -2.34. The van der Waals surface area contributed by atoms with E-state index in [1.54, 1.807) is 0 Å². The first-order chi connectivity index (χ1) is 9.48. The van der Waals surface area contributed by atoms with Crippen molar-refractivity contribution in [3.63, 3.8) is 0 Å². The summed E-state index contributed by atoms with van der Waals surface area (Å²) in [4.78, 5) is 8.29. The van der Waals surface area contributed by atoms with Crippen molar-refractivity contribution < 1.29 is 14.6 Å². The molecule has 0 unspecified atom stereocenters. The molecule has 0 spiro atoms. The van der Waals surface area contributed by atoms with Crippen molar-refractivity contribution >= 4 is 28.4 Å². The quantitative estimate of drug-likeness (QED) is 0.599. The molecule has 1 aliphatic heterocycles. The highest BCUT2D eigenvalue weighted by atomic mass is 127. The number of anilines is 1. The van der Waals surface area contributed by atoms with Gasteiger partial charge in [-0.2, -0.15) is 0 Å². The summed E-state index contributed by atoms with van der Waals surface area (Å²) in [5.41, 5.74) is 0. The van der Waals surface area contributed by atoms with Crippen molar-refractivity contribution in [3.05, 3.63) is 16.1 Å². The van der Waals surface area contributed by atoms with E-state index in [-0.39, 0.29) is 30.8 Å². The van der Waals surface area contributed by atoms with Crippen LogP contribution in [-0.4, -0.2) is 45.7 Å². The van der Waals surface area contributed by atoms with Gasteiger partial charge < -0.3 is 19.9 Å². The number of aliphatic hydroxyl groups excluding tert-OH is 1. The minimum Gasteiger partial charge on any atom is -0.396 e. The maximum absolute atomic E-state index is 9.52. The van der Waals surface area contributed by atoms with Gasteiger partial charge in [-0.1, -0.05) is 0 Å². The first kappa shape index (κ1) is 14.4. The average Bonchev–Trinajstić information content (AvgIpc) is 2.84. The van der Waals surface area contributed by atoms with Crippen LogP contribution in [0.4, 0.5) is 5.82 Å². The summed E-state index contributed by atoms with van der Waals surface area (Å²) in [7, 11) is 0. The van der Waals surface area contributed by atoms with Crippen molar-refractivity contribution in [3.8, 4) is 0 Å². The van der Waals surface area contributed by atoms with Gasteiger partial charge in [-0.25, -0.2) is 9.97 Å². The maximum Gasteiger partial charge on any atom is 0.163 e. The molecule has 1 aromatic heterocycles. The Hall–Kier alpha value is -0.510. The third kappa shape index (κ3) is 2.76. The SMILES string of the molecule is CC1(C)O[C@@H]2[C@@H](CO)C[C@@H](Nc3cc(I)ncn3)[C@@H]2O1. The number of aromatic nitrogens is 2. The predicted octanol–water partition coefficient (Wildman–Crippen LogP) is 1.39. The van der Waals surface area contributed by atoms with E-state index in [0.29, 0.717) is 0 Å². The summed E-state index contributed by atoms with van der Waals surface area (Å²) < 4.78 is 12.8. The molecular weight excluding hydrogens is 373 g/mol. The monoisotopic (exact) mass is 391 g/mol. The molecule has 0 amide bonds. The van der Waals surface area contributed by atoms with Gasteiger partial charge in [-0.05, 0) is 42.9 Å². The second-order valence-electron chi connectivity index (χ2n) is 5.72. The summed E-state index contributed by atoms with van der Waals surface area (Å²) in [6.45, 7) is 3.93. The van der Waals surface area contributed by atoms with Crippen LogP contribution in [-0.2, 0) is 9.47 Å². The molecule has 7 heteroatoms. The molecule has 1 saturated carbocycles. The van der Waals surface area contributed by atoms with Crippen LogP contribution < -0.4 is 5.32 Å². The van der Waals surface area contributed by atoms with Crippen LogP contribution in [0.3, 0.4) is 0 Å². The van der Waals surface area contributed by atoms with Gasteiger partial charge >= 0.3 is 0 Å². The third-order valence-corrected chi connectivity index (χ3v) is 4.37. The Morgan fingerprint density at radius 2 is 2.15 bits per heavy atom. The van der Waals surface area contributed by atoms with E-state index in [4.69, 9.17) is 9.47 Å².